The van der Waals surface area contributed by atoms with Gasteiger partial charge in [-0.05, 0) is 64.2 Å². The van der Waals surface area contributed by atoms with Crippen molar-refractivity contribution >= 4 is 13.8 Å². The van der Waals surface area contributed by atoms with E-state index in [1.54, 1.807) is 0 Å². The normalized spacial score (nSPS) is 14.4. The molecule has 0 saturated heterocycles. The molecule has 0 rings (SSSR count). The quantitative estimate of drug-likeness (QED) is 0.0216. The molecule has 330 valence electrons. The SMILES string of the molecule is CC/C=C\C/C=C\C/C=C\C/C=C\C/C=C\C/C=C\CCCCC(=O)OC(COCCCCCCCCCCCCCCCC)COP(=O)(O)OCC[N+](C)(C)C. The number of unbranched alkanes of at least 4 members (excludes halogenated alkanes) is 15. The second kappa shape index (κ2) is 40.7. The number of hydrogen-bond acceptors (Lipinski definition) is 6. The van der Waals surface area contributed by atoms with Crippen molar-refractivity contribution in [1.82, 2.24) is 0 Å². The maximum absolute atomic E-state index is 12.7. The first-order valence-corrected chi connectivity index (χ1v) is 24.2. The molecule has 0 aromatic carbocycles. The molecule has 9 heteroatoms. The van der Waals surface area contributed by atoms with E-state index < -0.39 is 13.9 Å². The van der Waals surface area contributed by atoms with E-state index in [2.05, 4.69) is 86.8 Å². The average molecular weight is 821 g/mol. The first kappa shape index (κ1) is 54.9. The molecule has 0 aliphatic rings. The van der Waals surface area contributed by atoms with E-state index in [4.69, 9.17) is 18.5 Å². The van der Waals surface area contributed by atoms with Crippen LogP contribution in [0.3, 0.4) is 0 Å². The Morgan fingerprint density at radius 3 is 1.49 bits per heavy atom. The van der Waals surface area contributed by atoms with Crippen LogP contribution in [0.2, 0.25) is 0 Å². The molecule has 8 nitrogen and oxygen atoms in total. The second-order valence-corrected chi connectivity index (χ2v) is 17.5. The van der Waals surface area contributed by atoms with E-state index in [0.717, 1.165) is 64.2 Å². The van der Waals surface area contributed by atoms with Gasteiger partial charge in [-0.2, -0.15) is 0 Å². The van der Waals surface area contributed by atoms with E-state index in [1.165, 1.54) is 77.0 Å². The average Bonchev–Trinajstić information content (AvgIpc) is 3.16. The van der Waals surface area contributed by atoms with Crippen molar-refractivity contribution in [3.63, 3.8) is 0 Å². The summed E-state index contributed by atoms with van der Waals surface area (Å²) < 4.78 is 35.0. The van der Waals surface area contributed by atoms with Crippen molar-refractivity contribution in [1.29, 1.82) is 0 Å². The first-order valence-electron chi connectivity index (χ1n) is 22.7. The molecule has 0 aliphatic heterocycles. The van der Waals surface area contributed by atoms with Crippen molar-refractivity contribution < 1.29 is 37.3 Å². The van der Waals surface area contributed by atoms with Crippen LogP contribution in [0.1, 0.15) is 168 Å². The van der Waals surface area contributed by atoms with Crippen molar-refractivity contribution in [3.8, 4) is 0 Å². The summed E-state index contributed by atoms with van der Waals surface area (Å²) in [5.74, 6) is -0.356. The van der Waals surface area contributed by atoms with Crippen LogP contribution >= 0.6 is 7.82 Å². The number of esters is 1. The van der Waals surface area contributed by atoms with Crippen LogP contribution in [0, 0.1) is 0 Å². The zero-order valence-corrected chi connectivity index (χ0v) is 38.2. The Morgan fingerprint density at radius 1 is 0.561 bits per heavy atom. The minimum Gasteiger partial charge on any atom is -0.457 e. The molecular weight excluding hydrogens is 734 g/mol. The molecular formula is C48H87NO7P+. The summed E-state index contributed by atoms with van der Waals surface area (Å²) in [6, 6.07) is 0. The van der Waals surface area contributed by atoms with E-state index in [0.29, 0.717) is 24.1 Å². The second-order valence-electron chi connectivity index (χ2n) is 16.1. The molecule has 2 atom stereocenters. The van der Waals surface area contributed by atoms with Crippen LogP contribution in [0.5, 0.6) is 0 Å². The highest BCUT2D eigenvalue weighted by molar-refractivity contribution is 7.47. The van der Waals surface area contributed by atoms with Crippen molar-refractivity contribution in [2.45, 2.75) is 174 Å². The van der Waals surface area contributed by atoms with Gasteiger partial charge in [0.15, 0.2) is 0 Å². The highest BCUT2D eigenvalue weighted by Crippen LogP contribution is 2.43. The minimum atomic E-state index is -4.29. The van der Waals surface area contributed by atoms with Gasteiger partial charge in [0.2, 0.25) is 0 Å². The molecule has 0 heterocycles. The number of likely N-dealkylation sites (N-methyl/N-ethyl adjacent to an activating group) is 1. The summed E-state index contributed by atoms with van der Waals surface area (Å²) in [6.07, 6.45) is 52.2. The number of carbonyl (C=O) groups excluding carboxylic acids is 1. The fourth-order valence-corrected chi connectivity index (χ4v) is 6.53. The van der Waals surface area contributed by atoms with E-state index >= 15 is 0 Å². The summed E-state index contributed by atoms with van der Waals surface area (Å²) in [4.78, 5) is 22.9. The molecule has 0 bridgehead atoms. The summed E-state index contributed by atoms with van der Waals surface area (Å²) >= 11 is 0. The van der Waals surface area contributed by atoms with Crippen molar-refractivity contribution in [2.24, 2.45) is 0 Å². The lowest BCUT2D eigenvalue weighted by Gasteiger charge is -2.24. The molecule has 57 heavy (non-hydrogen) atoms. The fraction of sp³-hybridized carbons (Fsp3) is 0.729. The van der Waals surface area contributed by atoms with E-state index in [-0.39, 0.29) is 32.2 Å². The van der Waals surface area contributed by atoms with Gasteiger partial charge in [0.1, 0.15) is 19.3 Å². The van der Waals surface area contributed by atoms with Crippen LogP contribution in [0.25, 0.3) is 0 Å². The van der Waals surface area contributed by atoms with Crippen LogP contribution in [0.4, 0.5) is 0 Å². The molecule has 0 aromatic heterocycles. The topological polar surface area (TPSA) is 91.3 Å². The third-order valence-corrected chi connectivity index (χ3v) is 10.3. The largest absolute Gasteiger partial charge is 0.472 e. The Hall–Kier alpha value is -2.06. The van der Waals surface area contributed by atoms with Crippen LogP contribution in [-0.4, -0.2) is 75.6 Å². The molecule has 0 aromatic rings. The third-order valence-electron chi connectivity index (χ3n) is 9.28. The maximum Gasteiger partial charge on any atom is 0.472 e. The minimum absolute atomic E-state index is 0.0775. The van der Waals surface area contributed by atoms with Crippen LogP contribution in [0.15, 0.2) is 72.9 Å². The lowest BCUT2D eigenvalue weighted by atomic mass is 10.0. The zero-order chi connectivity index (χ0) is 42.0. The third kappa shape index (κ3) is 44.9. The number of ether oxygens (including phenoxy) is 2. The number of phosphoric acid groups is 1. The Labute approximate surface area is 351 Å². The Balaban J connectivity index is 4.32. The van der Waals surface area contributed by atoms with E-state index in [9.17, 15) is 14.3 Å². The summed E-state index contributed by atoms with van der Waals surface area (Å²) in [7, 11) is 1.63. The Morgan fingerprint density at radius 2 is 1.02 bits per heavy atom. The monoisotopic (exact) mass is 821 g/mol. The summed E-state index contributed by atoms with van der Waals surface area (Å²) in [5.41, 5.74) is 0. The van der Waals surface area contributed by atoms with Crippen LogP contribution in [-0.2, 0) is 27.9 Å². The van der Waals surface area contributed by atoms with Crippen LogP contribution < -0.4 is 0 Å². The molecule has 0 fully saturated rings. The zero-order valence-electron chi connectivity index (χ0n) is 37.3. The van der Waals surface area contributed by atoms with Gasteiger partial charge in [0.05, 0.1) is 34.4 Å². The molecule has 0 radical (unpaired) electrons. The maximum atomic E-state index is 12.7. The number of carbonyl (C=O) groups is 1. The van der Waals surface area contributed by atoms with Gasteiger partial charge in [0, 0.05) is 13.0 Å². The number of hydrogen-bond donors (Lipinski definition) is 1. The Kier molecular flexibility index (Phi) is 39.2. The van der Waals surface area contributed by atoms with Crippen molar-refractivity contribution in [2.75, 3.05) is 54.1 Å². The fourth-order valence-electron chi connectivity index (χ4n) is 5.79. The molecule has 0 spiro atoms. The number of phosphoric ester groups is 1. The molecule has 0 saturated carbocycles. The first-order chi connectivity index (χ1) is 27.6. The number of quaternary nitrogens is 1. The highest BCUT2D eigenvalue weighted by Gasteiger charge is 2.26. The van der Waals surface area contributed by atoms with Gasteiger partial charge < -0.3 is 18.9 Å². The van der Waals surface area contributed by atoms with Gasteiger partial charge in [-0.3, -0.25) is 13.8 Å². The molecule has 0 aliphatic carbocycles. The lowest BCUT2D eigenvalue weighted by molar-refractivity contribution is -0.870. The highest BCUT2D eigenvalue weighted by atomic mass is 31.2. The van der Waals surface area contributed by atoms with E-state index in [1.807, 2.05) is 21.1 Å². The standard InChI is InChI=1S/C48H86NO7P/c1-6-8-10-12-14-16-18-20-22-23-24-25-26-27-28-29-31-33-35-37-39-41-48(50)56-47(46-55-57(51,52)54-44-42-49(3,4)5)45-53-43-40-38-36-34-32-30-21-19-17-15-13-11-9-7-2/h8,10,14,16,20,22,24-25,27-28,31,33,47H,6-7,9,11-13,15,17-19,21,23,26,29-30,32,34-46H2,1-5H3/p+1/b10-8-,16-14-,22-20-,25-24-,28-27-,33-31-. The van der Waals surface area contributed by atoms with Crippen molar-refractivity contribution in [3.05, 3.63) is 72.9 Å². The Bertz CT molecular complexity index is 1140. The number of rotatable bonds is 41. The van der Waals surface area contributed by atoms with Gasteiger partial charge in [-0.25, -0.2) is 4.57 Å². The van der Waals surface area contributed by atoms with Gasteiger partial charge in [-0.15, -0.1) is 0 Å². The van der Waals surface area contributed by atoms with Gasteiger partial charge in [0.25, 0.3) is 0 Å². The molecule has 2 unspecified atom stereocenters. The predicted octanol–water partition coefficient (Wildman–Crippen LogP) is 13.5. The summed E-state index contributed by atoms with van der Waals surface area (Å²) in [5, 5.41) is 0. The predicted molar refractivity (Wildman–Crippen MR) is 242 cm³/mol. The lowest BCUT2D eigenvalue weighted by Crippen LogP contribution is -2.37. The number of nitrogens with zero attached hydrogens (tertiary/aromatic N) is 1. The number of allylic oxidation sites excluding steroid dienone is 12. The smallest absolute Gasteiger partial charge is 0.457 e. The molecule has 0 amide bonds. The molecule has 1 N–H and O–H groups in total. The summed E-state index contributed by atoms with van der Waals surface area (Å²) in [6.45, 7) is 5.44. The van der Waals surface area contributed by atoms with Gasteiger partial charge >= 0.3 is 13.8 Å². The van der Waals surface area contributed by atoms with Gasteiger partial charge in [-0.1, -0.05) is 170 Å².